The molecule has 0 spiro atoms. The van der Waals surface area contributed by atoms with Crippen LogP contribution in [-0.2, 0) is 0 Å². The minimum atomic E-state index is 0.470. The lowest BCUT2D eigenvalue weighted by Gasteiger charge is -2.19. The number of hydrogen-bond donors (Lipinski definition) is 0. The van der Waals surface area contributed by atoms with Crippen LogP contribution in [0.15, 0.2) is 152 Å². The maximum absolute atomic E-state index is 8.01. The Labute approximate surface area is 274 Å². The van der Waals surface area contributed by atoms with Gasteiger partial charge in [0.1, 0.15) is 0 Å². The Kier molecular flexibility index (Phi) is 6.05. The van der Waals surface area contributed by atoms with Crippen molar-refractivity contribution in [2.45, 2.75) is 19.8 Å². The van der Waals surface area contributed by atoms with Crippen molar-refractivity contribution in [3.05, 3.63) is 157 Å². The fourth-order valence-corrected chi connectivity index (χ4v) is 8.81. The summed E-state index contributed by atoms with van der Waals surface area (Å²) in [4.78, 5) is 0. The van der Waals surface area contributed by atoms with Gasteiger partial charge in [0.15, 0.2) is 0 Å². The number of hydrogen-bond acceptors (Lipinski definition) is 1. The average Bonchev–Trinajstić information content (AvgIpc) is 3.49. The molecule has 1 aromatic heterocycles. The molecule has 0 fully saturated rings. The predicted molar refractivity (Wildman–Crippen MR) is 202 cm³/mol. The van der Waals surface area contributed by atoms with Gasteiger partial charge in [0.05, 0.1) is 1.37 Å². The van der Waals surface area contributed by atoms with Crippen LogP contribution in [-0.4, -0.2) is 0 Å². The van der Waals surface area contributed by atoms with Crippen LogP contribution in [0.5, 0.6) is 0 Å². The minimum absolute atomic E-state index is 0.470. The molecule has 9 rings (SSSR count). The Morgan fingerprint density at radius 1 is 0.500 bits per heavy atom. The lowest BCUT2D eigenvalue weighted by atomic mass is 9.84. The zero-order valence-electron chi connectivity index (χ0n) is 26.8. The first kappa shape index (κ1) is 26.0. The summed E-state index contributed by atoms with van der Waals surface area (Å²) in [6.45, 7) is 4.59. The summed E-state index contributed by atoms with van der Waals surface area (Å²) in [5.41, 5.74) is 8.88. The van der Waals surface area contributed by atoms with Crippen LogP contribution in [0, 0.1) is 0 Å². The highest BCUT2D eigenvalue weighted by atomic mass is 32.1. The van der Waals surface area contributed by atoms with Gasteiger partial charge in [0.25, 0.3) is 0 Å². The van der Waals surface area contributed by atoms with Gasteiger partial charge in [-0.25, -0.2) is 0 Å². The summed E-state index contributed by atoms with van der Waals surface area (Å²) in [7, 11) is 0. The second-order valence-electron chi connectivity index (χ2n) is 12.6. The summed E-state index contributed by atoms with van der Waals surface area (Å²) >= 11 is 1.93. The summed E-state index contributed by atoms with van der Waals surface area (Å²) in [5, 5.41) is 10.0. The van der Waals surface area contributed by atoms with Gasteiger partial charge in [-0.1, -0.05) is 147 Å². The van der Waals surface area contributed by atoms with E-state index >= 15 is 0 Å². The standard InChI is InChI=1S/C45H32S/c1-28(2)34-20-10-22-40-44-39(21-11-23-41(44)46-45(34)40)43-37-18-7-5-16-35(37)42(36-17-6-8-19-38(36)43)33-15-9-14-31(27-33)32-25-24-29-12-3-4-13-30(29)26-32/h3-28H,1-2H3/i3D. The molecule has 9 aromatic rings. The molecule has 0 nitrogen and oxygen atoms in total. The van der Waals surface area contributed by atoms with Crippen LogP contribution < -0.4 is 0 Å². The summed E-state index contributed by atoms with van der Waals surface area (Å²) in [5.74, 6) is 0.470. The number of fused-ring (bicyclic) bond motifs is 6. The van der Waals surface area contributed by atoms with Crippen molar-refractivity contribution in [2.75, 3.05) is 0 Å². The van der Waals surface area contributed by atoms with E-state index in [1.54, 1.807) is 0 Å². The van der Waals surface area contributed by atoms with Gasteiger partial charge in [-0.15, -0.1) is 11.3 Å². The number of rotatable bonds is 4. The molecular formula is C45H32S. The van der Waals surface area contributed by atoms with Gasteiger partial charge in [0, 0.05) is 20.2 Å². The van der Waals surface area contributed by atoms with Gasteiger partial charge in [-0.05, 0) is 95.4 Å². The van der Waals surface area contributed by atoms with Crippen LogP contribution in [0.3, 0.4) is 0 Å². The molecule has 0 aliphatic carbocycles. The van der Waals surface area contributed by atoms with E-state index < -0.39 is 0 Å². The molecular weight excluding hydrogens is 573 g/mol. The van der Waals surface area contributed by atoms with E-state index in [1.165, 1.54) is 80.7 Å². The van der Waals surface area contributed by atoms with E-state index in [0.717, 1.165) is 10.8 Å². The average molecular weight is 606 g/mol. The van der Waals surface area contributed by atoms with Crippen molar-refractivity contribution in [1.29, 1.82) is 0 Å². The number of thiophene rings is 1. The molecule has 0 aliphatic rings. The van der Waals surface area contributed by atoms with Crippen molar-refractivity contribution in [2.24, 2.45) is 0 Å². The first-order valence-corrected chi connectivity index (χ1v) is 16.9. The van der Waals surface area contributed by atoms with E-state index in [1.807, 2.05) is 29.5 Å². The molecule has 0 atom stereocenters. The third kappa shape index (κ3) is 4.20. The first-order chi connectivity index (χ1) is 23.0. The molecule has 0 N–H and O–H groups in total. The maximum Gasteiger partial charge on any atom is 0.0623 e. The van der Waals surface area contributed by atoms with Gasteiger partial charge >= 0.3 is 0 Å². The monoisotopic (exact) mass is 605 g/mol. The fraction of sp³-hybridized carbons (Fsp3) is 0.0667. The van der Waals surface area contributed by atoms with E-state index in [0.29, 0.717) is 12.0 Å². The van der Waals surface area contributed by atoms with Crippen molar-refractivity contribution < 1.29 is 1.37 Å². The molecule has 8 aromatic carbocycles. The Morgan fingerprint density at radius 3 is 1.91 bits per heavy atom. The Bertz CT molecular complexity index is 2620. The summed E-state index contributed by atoms with van der Waals surface area (Å²) in [6.07, 6.45) is 0. The third-order valence-electron chi connectivity index (χ3n) is 9.55. The smallest absolute Gasteiger partial charge is 0.0623 e. The normalized spacial score (nSPS) is 12.2. The first-order valence-electron chi connectivity index (χ1n) is 16.5. The lowest BCUT2D eigenvalue weighted by Crippen LogP contribution is -1.92. The molecule has 0 saturated carbocycles. The van der Waals surface area contributed by atoms with Gasteiger partial charge in [-0.3, -0.25) is 0 Å². The lowest BCUT2D eigenvalue weighted by molar-refractivity contribution is 0.878. The van der Waals surface area contributed by atoms with Crippen LogP contribution in [0.25, 0.3) is 85.9 Å². The summed E-state index contributed by atoms with van der Waals surface area (Å²) in [6, 6.07) is 53.5. The molecule has 46 heavy (non-hydrogen) atoms. The topological polar surface area (TPSA) is 0 Å². The van der Waals surface area contributed by atoms with Crippen LogP contribution in [0.4, 0.5) is 0 Å². The zero-order chi connectivity index (χ0) is 31.6. The largest absolute Gasteiger partial charge is 0.135 e. The number of benzene rings is 8. The van der Waals surface area contributed by atoms with Crippen LogP contribution >= 0.6 is 11.3 Å². The fourth-order valence-electron chi connectivity index (χ4n) is 7.42. The molecule has 0 radical (unpaired) electrons. The molecule has 0 unspecified atom stereocenters. The van der Waals surface area contributed by atoms with Gasteiger partial charge < -0.3 is 0 Å². The maximum atomic E-state index is 8.01. The van der Waals surface area contributed by atoms with E-state index in [2.05, 4.69) is 141 Å². The van der Waals surface area contributed by atoms with Gasteiger partial charge in [0.2, 0.25) is 0 Å². The Hall–Kier alpha value is -5.24. The molecule has 0 bridgehead atoms. The van der Waals surface area contributed by atoms with E-state index in [9.17, 15) is 0 Å². The molecule has 218 valence electrons. The molecule has 1 heterocycles. The second kappa shape index (κ2) is 10.7. The van der Waals surface area contributed by atoms with Gasteiger partial charge in [-0.2, -0.15) is 0 Å². The van der Waals surface area contributed by atoms with Crippen LogP contribution in [0.1, 0.15) is 26.7 Å². The summed E-state index contributed by atoms with van der Waals surface area (Å²) < 4.78 is 10.8. The Morgan fingerprint density at radius 2 is 1.15 bits per heavy atom. The minimum Gasteiger partial charge on any atom is -0.135 e. The van der Waals surface area contributed by atoms with Crippen molar-refractivity contribution in [1.82, 2.24) is 0 Å². The van der Waals surface area contributed by atoms with E-state index in [-0.39, 0.29) is 0 Å². The predicted octanol–water partition coefficient (Wildman–Crippen LogP) is 13.6. The SMILES string of the molecule is [2H]c1ccc2cc(-c3cccc(-c4c5ccccc5c(-c5cccc6sc7c(C(C)C)cccc7c56)c5ccccc45)c3)ccc2c1. The van der Waals surface area contributed by atoms with Crippen LogP contribution in [0.2, 0.25) is 0 Å². The van der Waals surface area contributed by atoms with Crippen molar-refractivity contribution in [3.8, 4) is 33.4 Å². The van der Waals surface area contributed by atoms with E-state index in [4.69, 9.17) is 1.37 Å². The highest BCUT2D eigenvalue weighted by Gasteiger charge is 2.20. The third-order valence-corrected chi connectivity index (χ3v) is 10.8. The second-order valence-corrected chi connectivity index (χ2v) is 13.6. The molecule has 0 saturated heterocycles. The van der Waals surface area contributed by atoms with Crippen molar-refractivity contribution in [3.63, 3.8) is 0 Å². The zero-order valence-corrected chi connectivity index (χ0v) is 26.7. The molecule has 0 aliphatic heterocycles. The molecule has 1 heteroatoms. The van der Waals surface area contributed by atoms with Crippen molar-refractivity contribution >= 4 is 63.8 Å². The molecule has 0 amide bonds. The highest BCUT2D eigenvalue weighted by molar-refractivity contribution is 7.26. The highest BCUT2D eigenvalue weighted by Crippen LogP contribution is 2.48. The quantitative estimate of drug-likeness (QED) is 0.175. The Balaban J connectivity index is 1.32.